The van der Waals surface area contributed by atoms with Gasteiger partial charge in [0.1, 0.15) is 18.0 Å². The first kappa shape index (κ1) is 52.5. The summed E-state index contributed by atoms with van der Waals surface area (Å²) in [5, 5.41) is 11.3. The maximum absolute atomic E-state index is 11.6. The molecule has 1 aromatic rings. The highest BCUT2D eigenvalue weighted by Crippen LogP contribution is 2.53. The molecule has 3 heterocycles. The monoisotopic (exact) mass is 911 g/mol. The second-order valence-electron chi connectivity index (χ2n) is 19.5. The van der Waals surface area contributed by atoms with Crippen molar-refractivity contribution in [2.75, 3.05) is 27.9 Å². The largest absolute Gasteiger partial charge is 0.497 e. The number of halogens is 1. The molecule has 350 valence electrons. The highest BCUT2D eigenvalue weighted by Gasteiger charge is 2.61. The number of benzene rings is 1. The smallest absolute Gasteiger partial charge is 0.192 e. The van der Waals surface area contributed by atoms with E-state index in [0.29, 0.717) is 51.7 Å². The summed E-state index contributed by atoms with van der Waals surface area (Å²) in [7, 11) is 1.07. The molecule has 0 aliphatic carbocycles. The number of aliphatic hydroxyl groups excluding tert-OH is 1. The SMILES string of the molecule is C=CC[C@H](OC)[C@H](OCc1ccc(OC)cc1)[C@@H](O)/C=C(\C)CC[C@H]1O[C@@]2(CC[C@H](C)[C@@]3(C[C@H](O[Si](CC)(CC)CC)[C@H](CCO[Si](C)(C)C(C)(C)C)O3)O2)C[C@@H](OC)[C@@H]1Cl. The molecule has 10 nitrogen and oxygen atoms in total. The van der Waals surface area contributed by atoms with Crippen LogP contribution in [0.4, 0.5) is 0 Å². The van der Waals surface area contributed by atoms with Crippen molar-refractivity contribution in [3.8, 4) is 5.75 Å². The van der Waals surface area contributed by atoms with Gasteiger partial charge in [-0.1, -0.05) is 78.3 Å². The number of ether oxygens (including phenoxy) is 7. The first-order chi connectivity index (χ1) is 28.8. The molecular formula is C48H83ClO10Si2. The lowest BCUT2D eigenvalue weighted by atomic mass is 9.82. The molecule has 0 amide bonds. The maximum atomic E-state index is 11.6. The van der Waals surface area contributed by atoms with Gasteiger partial charge in [0.05, 0.1) is 49.6 Å². The normalized spacial score (nSPS) is 30.4. The predicted octanol–water partition coefficient (Wildman–Crippen LogP) is 11.1. The van der Waals surface area contributed by atoms with Crippen molar-refractivity contribution >= 4 is 28.2 Å². The Morgan fingerprint density at radius 2 is 1.67 bits per heavy atom. The van der Waals surface area contributed by atoms with E-state index in [0.717, 1.165) is 47.9 Å². The third-order valence-electron chi connectivity index (χ3n) is 14.5. The average Bonchev–Trinajstić information content (AvgIpc) is 3.56. The Morgan fingerprint density at radius 3 is 2.25 bits per heavy atom. The van der Waals surface area contributed by atoms with E-state index in [1.165, 1.54) is 0 Å². The van der Waals surface area contributed by atoms with Gasteiger partial charge < -0.3 is 47.1 Å². The molecule has 3 aliphatic rings. The second kappa shape index (κ2) is 22.9. The molecule has 2 spiro atoms. The Bertz CT molecular complexity index is 1510. The summed E-state index contributed by atoms with van der Waals surface area (Å²) in [6.45, 7) is 27.4. The molecule has 13 heteroatoms. The third-order valence-corrected chi connectivity index (χ3v) is 24.3. The first-order valence-electron chi connectivity index (χ1n) is 23.1. The van der Waals surface area contributed by atoms with Crippen molar-refractivity contribution in [2.24, 2.45) is 5.92 Å². The van der Waals surface area contributed by atoms with Crippen molar-refractivity contribution in [1.29, 1.82) is 0 Å². The molecule has 1 aromatic carbocycles. The van der Waals surface area contributed by atoms with E-state index >= 15 is 0 Å². The summed E-state index contributed by atoms with van der Waals surface area (Å²) >= 11 is 7.19. The summed E-state index contributed by atoms with van der Waals surface area (Å²) < 4.78 is 59.1. The van der Waals surface area contributed by atoms with Crippen molar-refractivity contribution in [3.05, 3.63) is 54.1 Å². The Kier molecular flexibility index (Phi) is 19.7. The number of hydrogen-bond donors (Lipinski definition) is 1. The van der Waals surface area contributed by atoms with E-state index in [9.17, 15) is 5.11 Å². The van der Waals surface area contributed by atoms with Gasteiger partial charge in [-0.15, -0.1) is 18.2 Å². The Labute approximate surface area is 376 Å². The van der Waals surface area contributed by atoms with Gasteiger partial charge in [-0.3, -0.25) is 0 Å². The molecule has 11 atom stereocenters. The number of hydrogen-bond acceptors (Lipinski definition) is 10. The highest BCUT2D eigenvalue weighted by molar-refractivity contribution is 6.74. The van der Waals surface area contributed by atoms with Gasteiger partial charge in [-0.25, -0.2) is 0 Å². The van der Waals surface area contributed by atoms with Crippen molar-refractivity contribution in [2.45, 2.75) is 209 Å². The van der Waals surface area contributed by atoms with Gasteiger partial charge >= 0.3 is 0 Å². The number of aliphatic hydroxyl groups is 1. The summed E-state index contributed by atoms with van der Waals surface area (Å²) in [5.41, 5.74) is 1.96. The zero-order chi connectivity index (χ0) is 45.2. The van der Waals surface area contributed by atoms with Crippen LogP contribution in [-0.4, -0.2) is 109 Å². The van der Waals surface area contributed by atoms with Crippen LogP contribution in [0.3, 0.4) is 0 Å². The molecule has 3 fully saturated rings. The van der Waals surface area contributed by atoms with Crippen LogP contribution in [0.1, 0.15) is 112 Å². The van der Waals surface area contributed by atoms with Crippen LogP contribution in [0.25, 0.3) is 0 Å². The van der Waals surface area contributed by atoms with Crippen molar-refractivity contribution in [3.63, 3.8) is 0 Å². The summed E-state index contributed by atoms with van der Waals surface area (Å²) in [6.07, 6.45) is 6.14. The lowest BCUT2D eigenvalue weighted by molar-refractivity contribution is -0.413. The van der Waals surface area contributed by atoms with Crippen LogP contribution in [0, 0.1) is 5.92 Å². The molecule has 3 aliphatic heterocycles. The van der Waals surface area contributed by atoms with Crippen LogP contribution in [0.2, 0.25) is 36.3 Å². The zero-order valence-electron chi connectivity index (χ0n) is 40.1. The van der Waals surface area contributed by atoms with E-state index in [4.69, 9.17) is 53.6 Å². The summed E-state index contributed by atoms with van der Waals surface area (Å²) in [4.78, 5) is 0. The average molecular weight is 912 g/mol. The molecule has 0 unspecified atom stereocenters. The number of methoxy groups -OCH3 is 3. The van der Waals surface area contributed by atoms with Crippen LogP contribution >= 0.6 is 11.6 Å². The fraction of sp³-hybridized carbons (Fsp3) is 0.792. The van der Waals surface area contributed by atoms with E-state index in [-0.39, 0.29) is 46.9 Å². The summed E-state index contributed by atoms with van der Waals surface area (Å²) in [6, 6.07) is 10.9. The first-order valence-corrected chi connectivity index (χ1v) is 28.9. The lowest BCUT2D eigenvalue weighted by Gasteiger charge is -2.54. The number of allylic oxidation sites excluding steroid dienone is 1. The van der Waals surface area contributed by atoms with Crippen LogP contribution < -0.4 is 4.74 Å². The fourth-order valence-corrected chi connectivity index (χ4v) is 13.4. The maximum Gasteiger partial charge on any atom is 0.192 e. The molecule has 1 N–H and O–H groups in total. The standard InChI is InChI=1S/C48H83ClO10Si2/c1-15-19-41(52-11)45(54-33-36-21-23-37(51-10)24-22-36)38(50)30-34(5)20-25-40-44(49)43(53-12)31-47(56-40)28-26-35(6)48(59-47)32-42(58-61(16-2,17-3)18-4)39(57-48)27-29-55-60(13,14)46(7,8)9/h15,21-24,30,35,38-45,50H,1,16-20,25-29,31-33H2,2-14H3/b34-30+/t35-,38-,39-,40+,41-,42-,43+,44+,45+,47+,48+/m0/s1. The van der Waals surface area contributed by atoms with Crippen molar-refractivity contribution in [1.82, 2.24) is 0 Å². The van der Waals surface area contributed by atoms with E-state index in [2.05, 4.69) is 68.1 Å². The lowest BCUT2D eigenvalue weighted by Crippen LogP contribution is -2.61. The minimum atomic E-state index is -1.98. The zero-order valence-corrected chi connectivity index (χ0v) is 42.8. The highest BCUT2D eigenvalue weighted by atomic mass is 35.5. The molecule has 0 bridgehead atoms. The molecule has 0 radical (unpaired) electrons. The third kappa shape index (κ3) is 13.2. The van der Waals surface area contributed by atoms with Crippen LogP contribution in [0.15, 0.2) is 48.6 Å². The van der Waals surface area contributed by atoms with Gasteiger partial charge in [-0.2, -0.15) is 0 Å². The van der Waals surface area contributed by atoms with E-state index in [1.807, 2.05) is 37.3 Å². The minimum absolute atomic E-state index is 0.0852. The van der Waals surface area contributed by atoms with Crippen LogP contribution in [-0.2, 0) is 43.9 Å². The minimum Gasteiger partial charge on any atom is -0.497 e. The molecule has 61 heavy (non-hydrogen) atoms. The van der Waals surface area contributed by atoms with Gasteiger partial charge in [0.15, 0.2) is 28.2 Å². The molecule has 4 rings (SSSR count). The second-order valence-corrected chi connectivity index (χ2v) is 29.5. The predicted molar refractivity (Wildman–Crippen MR) is 250 cm³/mol. The van der Waals surface area contributed by atoms with E-state index < -0.39 is 40.4 Å². The molecular weight excluding hydrogens is 828 g/mol. The molecule has 3 saturated heterocycles. The van der Waals surface area contributed by atoms with Gasteiger partial charge in [0.25, 0.3) is 0 Å². The Morgan fingerprint density at radius 1 is 1.00 bits per heavy atom. The van der Waals surface area contributed by atoms with Gasteiger partial charge in [0.2, 0.25) is 0 Å². The number of rotatable bonds is 23. The van der Waals surface area contributed by atoms with Gasteiger partial charge in [-0.05, 0) is 93.0 Å². The van der Waals surface area contributed by atoms with E-state index in [1.54, 1.807) is 27.4 Å². The fourth-order valence-electron chi connectivity index (χ4n) is 9.04. The molecule has 0 saturated carbocycles. The quantitative estimate of drug-likeness (QED) is 0.0648. The Balaban J connectivity index is 1.52. The molecule has 0 aromatic heterocycles. The van der Waals surface area contributed by atoms with Gasteiger partial charge in [0, 0.05) is 46.0 Å². The Hall–Kier alpha value is -1.14. The van der Waals surface area contributed by atoms with Crippen LogP contribution in [0.5, 0.6) is 5.75 Å². The topological polar surface area (TPSA) is 103 Å². The van der Waals surface area contributed by atoms with Crippen molar-refractivity contribution < 1.29 is 47.1 Å². The number of alkyl halides is 1. The summed E-state index contributed by atoms with van der Waals surface area (Å²) in [5.74, 6) is -0.888.